The molecule has 2 nitrogen and oxygen atoms in total. The van der Waals surface area contributed by atoms with E-state index >= 15 is 0 Å². The second-order valence-corrected chi connectivity index (χ2v) is 4.85. The maximum absolute atomic E-state index is 5.10. The molecule has 1 fully saturated rings. The van der Waals surface area contributed by atoms with Gasteiger partial charge in [-0.15, -0.1) is 0 Å². The molecule has 13 heavy (non-hydrogen) atoms. The summed E-state index contributed by atoms with van der Waals surface area (Å²) in [7, 11) is 1.78. The minimum absolute atomic E-state index is 0.557. The highest BCUT2D eigenvalue weighted by atomic mass is 16.5. The Morgan fingerprint density at radius 3 is 2.69 bits per heavy atom. The van der Waals surface area contributed by atoms with E-state index in [1.54, 1.807) is 7.11 Å². The van der Waals surface area contributed by atoms with E-state index in [0.717, 1.165) is 13.2 Å². The van der Waals surface area contributed by atoms with Crippen molar-refractivity contribution in [2.75, 3.05) is 33.4 Å². The number of nitrogens with zero attached hydrogens (tertiary/aromatic N) is 1. The fourth-order valence-corrected chi connectivity index (χ4v) is 1.92. The Morgan fingerprint density at radius 1 is 1.23 bits per heavy atom. The molecular weight excluding hydrogens is 162 g/mol. The fourth-order valence-electron chi connectivity index (χ4n) is 1.92. The van der Waals surface area contributed by atoms with Gasteiger partial charge in [-0.2, -0.15) is 0 Å². The first kappa shape index (κ1) is 11.0. The third-order valence-corrected chi connectivity index (χ3v) is 3.04. The molecule has 78 valence electrons. The van der Waals surface area contributed by atoms with Crippen LogP contribution >= 0.6 is 0 Å². The maximum Gasteiger partial charge on any atom is 0.0589 e. The van der Waals surface area contributed by atoms with Crippen molar-refractivity contribution >= 4 is 0 Å². The van der Waals surface area contributed by atoms with Gasteiger partial charge in [-0.25, -0.2) is 0 Å². The molecule has 1 aliphatic heterocycles. The summed E-state index contributed by atoms with van der Waals surface area (Å²) in [4.78, 5) is 2.53. The largest absolute Gasteiger partial charge is 0.383 e. The lowest BCUT2D eigenvalue weighted by Crippen LogP contribution is -2.28. The highest BCUT2D eigenvalue weighted by molar-refractivity contribution is 4.75. The zero-order valence-electron chi connectivity index (χ0n) is 9.31. The van der Waals surface area contributed by atoms with Gasteiger partial charge < -0.3 is 9.64 Å². The van der Waals surface area contributed by atoms with Crippen LogP contribution < -0.4 is 0 Å². The summed E-state index contributed by atoms with van der Waals surface area (Å²) < 4.78 is 5.10. The number of hydrogen-bond acceptors (Lipinski definition) is 2. The van der Waals surface area contributed by atoms with Gasteiger partial charge in [-0.3, -0.25) is 0 Å². The van der Waals surface area contributed by atoms with Crippen molar-refractivity contribution in [2.24, 2.45) is 5.41 Å². The van der Waals surface area contributed by atoms with Crippen molar-refractivity contribution in [3.63, 3.8) is 0 Å². The lowest BCUT2D eigenvalue weighted by molar-refractivity contribution is 0.147. The lowest BCUT2D eigenvalue weighted by Gasteiger charge is -2.22. The fraction of sp³-hybridized carbons (Fsp3) is 1.00. The molecule has 0 unspecified atom stereocenters. The molecule has 0 radical (unpaired) electrons. The van der Waals surface area contributed by atoms with Crippen LogP contribution in [0.4, 0.5) is 0 Å². The van der Waals surface area contributed by atoms with E-state index in [2.05, 4.69) is 18.7 Å². The highest BCUT2D eigenvalue weighted by Gasteiger charge is 2.22. The molecule has 0 amide bonds. The van der Waals surface area contributed by atoms with Crippen LogP contribution in [0.2, 0.25) is 0 Å². The number of ether oxygens (including phenoxy) is 1. The highest BCUT2D eigenvalue weighted by Crippen LogP contribution is 2.29. The summed E-state index contributed by atoms with van der Waals surface area (Å²) in [6.45, 7) is 9.25. The summed E-state index contributed by atoms with van der Waals surface area (Å²) in [5, 5.41) is 0. The Bertz CT molecular complexity index is 145. The van der Waals surface area contributed by atoms with Gasteiger partial charge in [-0.1, -0.05) is 13.8 Å². The second kappa shape index (κ2) is 4.97. The Kier molecular flexibility index (Phi) is 4.20. The third kappa shape index (κ3) is 4.10. The number of methoxy groups -OCH3 is 1. The summed E-state index contributed by atoms with van der Waals surface area (Å²) in [6.07, 6.45) is 4.05. The topological polar surface area (TPSA) is 12.5 Å². The average Bonchev–Trinajstić information content (AvgIpc) is 2.23. The van der Waals surface area contributed by atoms with Crippen molar-refractivity contribution in [1.82, 2.24) is 4.90 Å². The minimum Gasteiger partial charge on any atom is -0.383 e. The van der Waals surface area contributed by atoms with E-state index in [-0.39, 0.29) is 0 Å². The summed E-state index contributed by atoms with van der Waals surface area (Å²) >= 11 is 0. The molecule has 0 aromatic carbocycles. The van der Waals surface area contributed by atoms with Crippen LogP contribution in [-0.2, 0) is 4.74 Å². The van der Waals surface area contributed by atoms with Crippen LogP contribution in [0, 0.1) is 5.41 Å². The van der Waals surface area contributed by atoms with Gasteiger partial charge in [0.25, 0.3) is 0 Å². The zero-order valence-corrected chi connectivity index (χ0v) is 9.31. The number of hydrogen-bond donors (Lipinski definition) is 0. The summed E-state index contributed by atoms with van der Waals surface area (Å²) in [6, 6.07) is 0. The van der Waals surface area contributed by atoms with Crippen molar-refractivity contribution in [1.29, 1.82) is 0 Å². The van der Waals surface area contributed by atoms with Crippen LogP contribution in [0.25, 0.3) is 0 Å². The lowest BCUT2D eigenvalue weighted by atomic mass is 9.85. The van der Waals surface area contributed by atoms with Gasteiger partial charge in [-0.05, 0) is 37.8 Å². The smallest absolute Gasteiger partial charge is 0.0589 e. The molecular formula is C11H23NO. The summed E-state index contributed by atoms with van der Waals surface area (Å²) in [5.41, 5.74) is 0.557. The average molecular weight is 185 g/mol. The monoisotopic (exact) mass is 185 g/mol. The van der Waals surface area contributed by atoms with Gasteiger partial charge in [0.15, 0.2) is 0 Å². The van der Waals surface area contributed by atoms with E-state index in [0.29, 0.717) is 5.41 Å². The van der Waals surface area contributed by atoms with Gasteiger partial charge in [0.05, 0.1) is 6.61 Å². The zero-order chi connectivity index (χ0) is 9.73. The number of rotatable bonds is 3. The minimum atomic E-state index is 0.557. The van der Waals surface area contributed by atoms with E-state index in [1.165, 1.54) is 32.4 Å². The standard InChI is InChI=1S/C11H23NO/c1-11(2)5-4-7-12(8-6-11)9-10-13-3/h4-10H2,1-3H3. The molecule has 0 bridgehead atoms. The molecule has 0 aliphatic carbocycles. The van der Waals surface area contributed by atoms with Crippen LogP contribution in [0.1, 0.15) is 33.1 Å². The molecule has 0 spiro atoms. The third-order valence-electron chi connectivity index (χ3n) is 3.04. The molecule has 0 N–H and O–H groups in total. The van der Waals surface area contributed by atoms with Crippen molar-refractivity contribution in [3.05, 3.63) is 0 Å². The van der Waals surface area contributed by atoms with Crippen LogP contribution in [0.3, 0.4) is 0 Å². The quantitative estimate of drug-likeness (QED) is 0.668. The molecule has 1 aliphatic rings. The molecule has 0 aromatic heterocycles. The van der Waals surface area contributed by atoms with Crippen LogP contribution in [-0.4, -0.2) is 38.3 Å². The van der Waals surface area contributed by atoms with Gasteiger partial charge in [0, 0.05) is 13.7 Å². The SMILES string of the molecule is COCCN1CCCC(C)(C)CC1. The Balaban J connectivity index is 2.28. The molecule has 0 atom stereocenters. The maximum atomic E-state index is 5.10. The Hall–Kier alpha value is -0.0800. The normalized spacial score (nSPS) is 24.2. The Labute approximate surface area is 82.3 Å². The first-order chi connectivity index (χ1) is 6.14. The summed E-state index contributed by atoms with van der Waals surface area (Å²) in [5.74, 6) is 0. The van der Waals surface area contributed by atoms with Gasteiger partial charge in [0.1, 0.15) is 0 Å². The van der Waals surface area contributed by atoms with Gasteiger partial charge >= 0.3 is 0 Å². The van der Waals surface area contributed by atoms with Crippen molar-refractivity contribution in [2.45, 2.75) is 33.1 Å². The second-order valence-electron chi connectivity index (χ2n) is 4.85. The van der Waals surface area contributed by atoms with Crippen molar-refractivity contribution in [3.8, 4) is 0 Å². The molecule has 0 saturated carbocycles. The van der Waals surface area contributed by atoms with Crippen LogP contribution in [0.15, 0.2) is 0 Å². The van der Waals surface area contributed by atoms with Crippen molar-refractivity contribution < 1.29 is 4.74 Å². The Morgan fingerprint density at radius 2 is 2.00 bits per heavy atom. The number of likely N-dealkylation sites (tertiary alicyclic amines) is 1. The van der Waals surface area contributed by atoms with Crippen LogP contribution in [0.5, 0.6) is 0 Å². The van der Waals surface area contributed by atoms with Gasteiger partial charge in [0.2, 0.25) is 0 Å². The van der Waals surface area contributed by atoms with E-state index in [1.807, 2.05) is 0 Å². The predicted molar refractivity (Wildman–Crippen MR) is 55.9 cm³/mol. The van der Waals surface area contributed by atoms with E-state index in [4.69, 9.17) is 4.74 Å². The molecule has 2 heteroatoms. The van der Waals surface area contributed by atoms with E-state index in [9.17, 15) is 0 Å². The molecule has 1 saturated heterocycles. The first-order valence-electron chi connectivity index (χ1n) is 5.35. The molecule has 1 heterocycles. The molecule has 1 rings (SSSR count). The van der Waals surface area contributed by atoms with E-state index < -0.39 is 0 Å². The first-order valence-corrected chi connectivity index (χ1v) is 5.35. The molecule has 0 aromatic rings. The predicted octanol–water partition coefficient (Wildman–Crippen LogP) is 2.14.